The van der Waals surface area contributed by atoms with Gasteiger partial charge in [0.15, 0.2) is 22.8 Å². The number of H-pyrrole nitrogens is 1. The lowest BCUT2D eigenvalue weighted by Gasteiger charge is -2.26. The van der Waals surface area contributed by atoms with E-state index in [-0.39, 0.29) is 11.7 Å². The Hall–Kier alpha value is -2.91. The second-order valence-corrected chi connectivity index (χ2v) is 8.33. The molecule has 1 aromatic carbocycles. The van der Waals surface area contributed by atoms with Crippen molar-refractivity contribution >= 4 is 11.3 Å². The Bertz CT molecular complexity index is 1130. The number of aromatic nitrogens is 4. The minimum Gasteiger partial charge on any atom is -0.493 e. The van der Waals surface area contributed by atoms with Crippen LogP contribution in [-0.2, 0) is 4.74 Å². The summed E-state index contributed by atoms with van der Waals surface area (Å²) in [6, 6.07) is 5.95. The highest BCUT2D eigenvalue weighted by molar-refractivity contribution is 5.72. The van der Waals surface area contributed by atoms with Crippen LogP contribution in [0.5, 0.6) is 11.5 Å². The summed E-state index contributed by atoms with van der Waals surface area (Å²) in [6.07, 6.45) is 5.97. The largest absolute Gasteiger partial charge is 0.493 e. The zero-order valence-corrected chi connectivity index (χ0v) is 18.4. The van der Waals surface area contributed by atoms with Gasteiger partial charge >= 0.3 is 5.69 Å². The van der Waals surface area contributed by atoms with E-state index in [2.05, 4.69) is 14.9 Å². The lowest BCUT2D eigenvalue weighted by Crippen LogP contribution is -2.38. The molecule has 9 nitrogen and oxygen atoms in total. The molecular weight excluding hydrogens is 410 g/mol. The van der Waals surface area contributed by atoms with Crippen LogP contribution in [0.25, 0.3) is 22.6 Å². The highest BCUT2D eigenvalue weighted by Gasteiger charge is 2.23. The van der Waals surface area contributed by atoms with Crippen LogP contribution in [0.4, 0.5) is 0 Å². The van der Waals surface area contributed by atoms with Gasteiger partial charge in [-0.3, -0.25) is 14.5 Å². The van der Waals surface area contributed by atoms with Crippen molar-refractivity contribution in [1.82, 2.24) is 24.4 Å². The van der Waals surface area contributed by atoms with Crippen molar-refractivity contribution in [3.63, 3.8) is 0 Å². The third-order valence-electron chi connectivity index (χ3n) is 6.34. The lowest BCUT2D eigenvalue weighted by molar-refractivity contribution is 0.0321. The molecule has 0 bridgehead atoms. The van der Waals surface area contributed by atoms with E-state index in [1.165, 1.54) is 0 Å². The minimum atomic E-state index is -0.134. The number of hydrogen-bond donors (Lipinski definition) is 1. The smallest absolute Gasteiger partial charge is 0.329 e. The summed E-state index contributed by atoms with van der Waals surface area (Å²) in [4.78, 5) is 26.9. The van der Waals surface area contributed by atoms with Crippen molar-refractivity contribution in [2.75, 3.05) is 46.6 Å². The second kappa shape index (κ2) is 9.30. The lowest BCUT2D eigenvalue weighted by atomic mass is 10.1. The molecule has 32 heavy (non-hydrogen) atoms. The molecule has 1 aliphatic heterocycles. The summed E-state index contributed by atoms with van der Waals surface area (Å²) in [5, 5.41) is 0. The van der Waals surface area contributed by atoms with Crippen molar-refractivity contribution < 1.29 is 14.2 Å². The Kier molecular flexibility index (Phi) is 6.09. The summed E-state index contributed by atoms with van der Waals surface area (Å²) >= 11 is 0. The van der Waals surface area contributed by atoms with Gasteiger partial charge in [-0.2, -0.15) is 0 Å². The number of benzene rings is 1. The molecular formula is C23H29N5O4. The molecule has 0 amide bonds. The molecule has 0 unspecified atom stereocenters. The van der Waals surface area contributed by atoms with E-state index in [1.54, 1.807) is 17.9 Å². The monoisotopic (exact) mass is 439 g/mol. The fourth-order valence-corrected chi connectivity index (χ4v) is 4.59. The first kappa shape index (κ1) is 21.0. The zero-order chi connectivity index (χ0) is 21.9. The molecule has 1 saturated carbocycles. The third kappa shape index (κ3) is 4.22. The maximum atomic E-state index is 12.5. The standard InChI is InChI=1S/C23H29N5O4/c1-30-20-14-16(6-7-19(20)32-13-10-27-8-11-31-12-9-27)18-15-24-21-22(25-18)28(23(29)26-21)17-4-2-3-5-17/h6-7,14-15,17H,2-5,8-13H2,1H3,(H,24,26,29). The van der Waals surface area contributed by atoms with E-state index in [0.29, 0.717) is 35.1 Å². The molecule has 0 radical (unpaired) electrons. The van der Waals surface area contributed by atoms with Crippen molar-refractivity contribution in [3.8, 4) is 22.8 Å². The number of morpholine rings is 1. The maximum Gasteiger partial charge on any atom is 0.329 e. The Morgan fingerprint density at radius 2 is 2.00 bits per heavy atom. The van der Waals surface area contributed by atoms with Crippen molar-refractivity contribution in [3.05, 3.63) is 34.9 Å². The fraction of sp³-hybridized carbons (Fsp3) is 0.522. The number of fused-ring (bicyclic) bond motifs is 1. The van der Waals surface area contributed by atoms with E-state index in [1.807, 2.05) is 18.2 Å². The van der Waals surface area contributed by atoms with Gasteiger partial charge in [-0.1, -0.05) is 12.8 Å². The van der Waals surface area contributed by atoms with Crippen LogP contribution in [-0.4, -0.2) is 71.0 Å². The maximum absolute atomic E-state index is 12.5. The first-order chi connectivity index (χ1) is 15.7. The van der Waals surface area contributed by atoms with Crippen molar-refractivity contribution in [1.29, 1.82) is 0 Å². The molecule has 1 saturated heterocycles. The van der Waals surface area contributed by atoms with E-state index in [0.717, 1.165) is 64.1 Å². The molecule has 0 atom stereocenters. The summed E-state index contributed by atoms with van der Waals surface area (Å²) in [6.45, 7) is 4.86. The Balaban J connectivity index is 1.37. The van der Waals surface area contributed by atoms with Crippen LogP contribution in [0.3, 0.4) is 0 Å². The van der Waals surface area contributed by atoms with Gasteiger partial charge in [0.2, 0.25) is 0 Å². The zero-order valence-electron chi connectivity index (χ0n) is 18.4. The summed E-state index contributed by atoms with van der Waals surface area (Å²) in [7, 11) is 1.63. The summed E-state index contributed by atoms with van der Waals surface area (Å²) < 4.78 is 18.7. The van der Waals surface area contributed by atoms with Crippen molar-refractivity contribution in [2.45, 2.75) is 31.7 Å². The third-order valence-corrected chi connectivity index (χ3v) is 6.34. The number of methoxy groups -OCH3 is 1. The highest BCUT2D eigenvalue weighted by Crippen LogP contribution is 2.33. The van der Waals surface area contributed by atoms with Crippen LogP contribution in [0.15, 0.2) is 29.2 Å². The molecule has 5 rings (SSSR count). The van der Waals surface area contributed by atoms with Crippen LogP contribution in [0.1, 0.15) is 31.7 Å². The predicted octanol–water partition coefficient (Wildman–Crippen LogP) is 2.62. The SMILES string of the molecule is COc1cc(-c2cnc3[nH]c(=O)n(C4CCCC4)c3n2)ccc1OCCN1CCOCC1. The number of nitrogens with one attached hydrogen (secondary N) is 1. The number of nitrogens with zero attached hydrogens (tertiary/aromatic N) is 4. The second-order valence-electron chi connectivity index (χ2n) is 8.33. The summed E-state index contributed by atoms with van der Waals surface area (Å²) in [5.74, 6) is 1.34. The number of imidazole rings is 1. The Morgan fingerprint density at radius 1 is 1.19 bits per heavy atom. The predicted molar refractivity (Wildman–Crippen MR) is 120 cm³/mol. The summed E-state index contributed by atoms with van der Waals surface area (Å²) in [5.41, 5.74) is 2.57. The van der Waals surface area contributed by atoms with Crippen molar-refractivity contribution in [2.24, 2.45) is 0 Å². The van der Waals surface area contributed by atoms with Crippen LogP contribution in [0.2, 0.25) is 0 Å². The molecule has 1 aliphatic carbocycles. The Labute approximate surface area is 186 Å². The van der Waals surface area contributed by atoms with Gasteiger partial charge in [-0.25, -0.2) is 14.8 Å². The molecule has 2 fully saturated rings. The average Bonchev–Trinajstić information content (AvgIpc) is 3.46. The van der Waals surface area contributed by atoms with E-state index < -0.39 is 0 Å². The number of rotatable bonds is 7. The van der Waals surface area contributed by atoms with Crippen LogP contribution in [0, 0.1) is 0 Å². The van der Waals surface area contributed by atoms with Gasteiger partial charge in [0.1, 0.15) is 6.61 Å². The van der Waals surface area contributed by atoms with E-state index in [4.69, 9.17) is 19.2 Å². The number of aromatic amines is 1. The molecule has 170 valence electrons. The molecule has 1 N–H and O–H groups in total. The highest BCUT2D eigenvalue weighted by atomic mass is 16.5. The van der Waals surface area contributed by atoms with E-state index >= 15 is 0 Å². The van der Waals surface area contributed by atoms with E-state index in [9.17, 15) is 4.79 Å². The molecule has 2 aliphatic rings. The van der Waals surface area contributed by atoms with Crippen LogP contribution < -0.4 is 15.2 Å². The van der Waals surface area contributed by atoms with Crippen LogP contribution >= 0.6 is 0 Å². The topological polar surface area (TPSA) is 94.5 Å². The van der Waals surface area contributed by atoms with Gasteiger partial charge in [-0.15, -0.1) is 0 Å². The fourth-order valence-electron chi connectivity index (χ4n) is 4.59. The quantitative estimate of drug-likeness (QED) is 0.605. The minimum absolute atomic E-state index is 0.134. The number of hydrogen-bond acceptors (Lipinski definition) is 7. The molecule has 3 heterocycles. The van der Waals surface area contributed by atoms with Gasteiger partial charge in [0.25, 0.3) is 0 Å². The van der Waals surface area contributed by atoms with Gasteiger partial charge in [0, 0.05) is 31.2 Å². The molecule has 3 aromatic rings. The molecule has 2 aromatic heterocycles. The van der Waals surface area contributed by atoms with Gasteiger partial charge < -0.3 is 14.2 Å². The Morgan fingerprint density at radius 3 is 2.78 bits per heavy atom. The average molecular weight is 440 g/mol. The molecule has 0 spiro atoms. The van der Waals surface area contributed by atoms with Gasteiger partial charge in [0.05, 0.1) is 32.2 Å². The first-order valence-electron chi connectivity index (χ1n) is 11.3. The normalized spacial score (nSPS) is 17.8. The number of ether oxygens (including phenoxy) is 3. The first-order valence-corrected chi connectivity index (χ1v) is 11.3. The van der Waals surface area contributed by atoms with Gasteiger partial charge in [-0.05, 0) is 31.0 Å². The molecule has 9 heteroatoms.